The molecule has 0 atom stereocenters. The summed E-state index contributed by atoms with van der Waals surface area (Å²) in [5.74, 6) is 0.0456. The predicted octanol–water partition coefficient (Wildman–Crippen LogP) is 3.85. The molecule has 0 amide bonds. The number of hydrogen-bond acceptors (Lipinski definition) is 1. The highest BCUT2D eigenvalue weighted by atomic mass is 16.4. The summed E-state index contributed by atoms with van der Waals surface area (Å²) in [7, 11) is 0. The first-order chi connectivity index (χ1) is 7.14. The van der Waals surface area contributed by atoms with Gasteiger partial charge in [0.25, 0.3) is 0 Å². The van der Waals surface area contributed by atoms with Crippen LogP contribution in [0.4, 0.5) is 0 Å². The molecule has 0 spiro atoms. The van der Waals surface area contributed by atoms with Crippen LogP contribution < -0.4 is 0 Å². The first-order valence-electron chi connectivity index (χ1n) is 6.36. The molecule has 1 fully saturated rings. The molecule has 0 saturated heterocycles. The summed E-state index contributed by atoms with van der Waals surface area (Å²) in [6, 6.07) is 0. The van der Waals surface area contributed by atoms with Crippen molar-refractivity contribution in [3.8, 4) is 0 Å². The van der Waals surface area contributed by atoms with Crippen LogP contribution in [0, 0.1) is 11.3 Å². The highest BCUT2D eigenvalue weighted by Crippen LogP contribution is 2.52. The predicted molar refractivity (Wildman–Crippen MR) is 61.8 cm³/mol. The number of carbonyl (C=O) groups is 1. The monoisotopic (exact) mass is 212 g/mol. The summed E-state index contributed by atoms with van der Waals surface area (Å²) in [6.45, 7) is 4.41. The van der Waals surface area contributed by atoms with Crippen LogP contribution in [0.15, 0.2) is 0 Å². The third kappa shape index (κ3) is 2.96. The topological polar surface area (TPSA) is 37.3 Å². The Balaban J connectivity index is 2.62. The zero-order valence-corrected chi connectivity index (χ0v) is 10.1. The maximum atomic E-state index is 10.9. The normalized spacial score (nSPS) is 18.9. The number of carboxylic acids is 1. The molecule has 1 rings (SSSR count). The molecular weight excluding hydrogens is 188 g/mol. The highest BCUT2D eigenvalue weighted by molar-refractivity contribution is 5.68. The summed E-state index contributed by atoms with van der Waals surface area (Å²) in [6.07, 6.45) is 8.71. The van der Waals surface area contributed by atoms with Gasteiger partial charge in [-0.3, -0.25) is 4.79 Å². The van der Waals surface area contributed by atoms with E-state index in [4.69, 9.17) is 5.11 Å². The number of carboxylic acid groups (broad SMARTS) is 1. The summed E-state index contributed by atoms with van der Waals surface area (Å²) in [4.78, 5) is 10.9. The molecule has 2 heteroatoms. The molecule has 1 aliphatic carbocycles. The first-order valence-corrected chi connectivity index (χ1v) is 6.36. The van der Waals surface area contributed by atoms with E-state index in [0.29, 0.717) is 12.3 Å². The first kappa shape index (κ1) is 12.5. The van der Waals surface area contributed by atoms with E-state index >= 15 is 0 Å². The third-order valence-corrected chi connectivity index (χ3v) is 3.99. The van der Waals surface area contributed by atoms with E-state index in [1.807, 2.05) is 0 Å². The fourth-order valence-electron chi connectivity index (χ4n) is 3.12. The minimum absolute atomic E-state index is 0.165. The van der Waals surface area contributed by atoms with Gasteiger partial charge in [0, 0.05) is 0 Å². The molecule has 0 unspecified atom stereocenters. The fraction of sp³-hybridized carbons (Fsp3) is 0.923. The molecule has 0 aromatic rings. The maximum absolute atomic E-state index is 10.9. The average molecular weight is 212 g/mol. The van der Waals surface area contributed by atoms with Crippen molar-refractivity contribution in [3.63, 3.8) is 0 Å². The van der Waals surface area contributed by atoms with E-state index in [0.717, 1.165) is 12.8 Å². The van der Waals surface area contributed by atoms with Crippen LogP contribution in [-0.4, -0.2) is 11.1 Å². The molecule has 0 bridgehead atoms. The van der Waals surface area contributed by atoms with Crippen LogP contribution in [0.5, 0.6) is 0 Å². The molecule has 0 aromatic carbocycles. The van der Waals surface area contributed by atoms with Gasteiger partial charge < -0.3 is 5.11 Å². The van der Waals surface area contributed by atoms with Gasteiger partial charge in [-0.2, -0.15) is 0 Å². The molecule has 0 aliphatic heterocycles. The van der Waals surface area contributed by atoms with Gasteiger partial charge in [0.15, 0.2) is 0 Å². The second-order valence-electron chi connectivity index (χ2n) is 5.06. The summed E-state index contributed by atoms with van der Waals surface area (Å²) in [5.41, 5.74) is 0.165. The Morgan fingerprint density at radius 3 is 2.07 bits per heavy atom. The van der Waals surface area contributed by atoms with Crippen LogP contribution in [0.2, 0.25) is 0 Å². The molecule has 88 valence electrons. The van der Waals surface area contributed by atoms with Gasteiger partial charge in [0.1, 0.15) is 0 Å². The van der Waals surface area contributed by atoms with Gasteiger partial charge >= 0.3 is 5.97 Å². The minimum atomic E-state index is -0.605. The lowest BCUT2D eigenvalue weighted by Crippen LogP contribution is -2.39. The van der Waals surface area contributed by atoms with Crippen molar-refractivity contribution in [1.29, 1.82) is 0 Å². The Bertz CT molecular complexity index is 201. The van der Waals surface area contributed by atoms with Crippen LogP contribution in [0.3, 0.4) is 0 Å². The second-order valence-corrected chi connectivity index (χ2v) is 5.06. The van der Waals surface area contributed by atoms with Crippen molar-refractivity contribution < 1.29 is 9.90 Å². The minimum Gasteiger partial charge on any atom is -0.481 e. The van der Waals surface area contributed by atoms with E-state index in [1.165, 1.54) is 32.1 Å². The molecule has 0 aromatic heterocycles. The molecule has 0 heterocycles. The molecule has 1 aliphatic rings. The molecule has 1 N–H and O–H groups in total. The summed E-state index contributed by atoms with van der Waals surface area (Å²) in [5, 5.41) is 9.00. The average Bonchev–Trinajstić information content (AvgIpc) is 2.11. The van der Waals surface area contributed by atoms with Crippen molar-refractivity contribution >= 4 is 5.97 Å². The Kier molecular flexibility index (Phi) is 4.62. The lowest BCUT2D eigenvalue weighted by Gasteiger charge is -2.47. The van der Waals surface area contributed by atoms with E-state index < -0.39 is 5.97 Å². The Morgan fingerprint density at radius 1 is 1.27 bits per heavy atom. The fourth-order valence-corrected chi connectivity index (χ4v) is 3.12. The lowest BCUT2D eigenvalue weighted by molar-refractivity contribution is -0.143. The molecular formula is C13H24O2. The quantitative estimate of drug-likeness (QED) is 0.696. The Hall–Kier alpha value is -0.530. The van der Waals surface area contributed by atoms with Crippen molar-refractivity contribution in [2.24, 2.45) is 11.3 Å². The maximum Gasteiger partial charge on any atom is 0.303 e. The van der Waals surface area contributed by atoms with Gasteiger partial charge in [0.05, 0.1) is 6.42 Å². The van der Waals surface area contributed by atoms with Gasteiger partial charge in [-0.05, 0) is 24.2 Å². The largest absolute Gasteiger partial charge is 0.481 e. The Morgan fingerprint density at radius 2 is 1.80 bits per heavy atom. The van der Waals surface area contributed by atoms with Gasteiger partial charge in [-0.25, -0.2) is 0 Å². The van der Waals surface area contributed by atoms with Crippen LogP contribution >= 0.6 is 0 Å². The second kappa shape index (κ2) is 5.53. The highest BCUT2D eigenvalue weighted by Gasteiger charge is 2.44. The van der Waals surface area contributed by atoms with E-state index in [9.17, 15) is 4.79 Å². The molecule has 0 radical (unpaired) electrons. The van der Waals surface area contributed by atoms with Crippen LogP contribution in [0.25, 0.3) is 0 Å². The molecule has 1 saturated carbocycles. The van der Waals surface area contributed by atoms with Crippen LogP contribution in [-0.2, 0) is 4.79 Å². The lowest BCUT2D eigenvalue weighted by atomic mass is 9.57. The number of hydrogen-bond donors (Lipinski definition) is 1. The molecule has 2 nitrogen and oxygen atoms in total. The Labute approximate surface area is 93.1 Å². The molecule has 15 heavy (non-hydrogen) atoms. The zero-order valence-electron chi connectivity index (χ0n) is 10.1. The smallest absolute Gasteiger partial charge is 0.303 e. The number of aliphatic carboxylic acids is 1. The van der Waals surface area contributed by atoms with Crippen molar-refractivity contribution in [2.75, 3.05) is 0 Å². The third-order valence-electron chi connectivity index (χ3n) is 3.99. The van der Waals surface area contributed by atoms with E-state index in [2.05, 4.69) is 13.8 Å². The van der Waals surface area contributed by atoms with Crippen molar-refractivity contribution in [3.05, 3.63) is 0 Å². The van der Waals surface area contributed by atoms with Gasteiger partial charge in [-0.15, -0.1) is 0 Å². The SMILES string of the molecule is CCCC(CCC)C1(CC(=O)O)CCC1. The van der Waals surface area contributed by atoms with E-state index in [1.54, 1.807) is 0 Å². The summed E-state index contributed by atoms with van der Waals surface area (Å²) < 4.78 is 0. The number of rotatable bonds is 7. The van der Waals surface area contributed by atoms with E-state index in [-0.39, 0.29) is 5.41 Å². The van der Waals surface area contributed by atoms with Crippen molar-refractivity contribution in [2.45, 2.75) is 65.2 Å². The van der Waals surface area contributed by atoms with Crippen LogP contribution in [0.1, 0.15) is 65.2 Å². The summed E-state index contributed by atoms with van der Waals surface area (Å²) >= 11 is 0. The standard InChI is InChI=1S/C13H24O2/c1-3-6-11(7-4-2)13(8-5-9-13)10-12(14)15/h11H,3-10H2,1-2H3,(H,14,15). The van der Waals surface area contributed by atoms with Gasteiger partial charge in [0.2, 0.25) is 0 Å². The van der Waals surface area contributed by atoms with Crippen molar-refractivity contribution in [1.82, 2.24) is 0 Å². The zero-order chi connectivity index (χ0) is 11.3. The van der Waals surface area contributed by atoms with Gasteiger partial charge in [-0.1, -0.05) is 46.0 Å².